The van der Waals surface area contributed by atoms with Crippen molar-refractivity contribution in [2.45, 2.75) is 0 Å². The second-order valence-electron chi connectivity index (χ2n) is 6.96. The van der Waals surface area contributed by atoms with E-state index < -0.39 is 62.9 Å². The first-order chi connectivity index (χ1) is 17.5. The van der Waals surface area contributed by atoms with Crippen molar-refractivity contribution in [2.75, 3.05) is 0 Å². The lowest BCUT2D eigenvalue weighted by molar-refractivity contribution is 0.0697. The molecule has 0 amide bonds. The largest absolute Gasteiger partial charge is 0.481 e. The summed E-state index contributed by atoms with van der Waals surface area (Å²) >= 11 is 83.1. The van der Waals surface area contributed by atoms with Crippen LogP contribution in [-0.4, -0.2) is 21.3 Å². The van der Waals surface area contributed by atoms with E-state index in [1.54, 1.807) is 0 Å². The van der Waals surface area contributed by atoms with E-state index in [-0.39, 0.29) is 47.0 Å². The Balaban J connectivity index is 2.91. The molecule has 0 unspecified atom stereocenters. The molecule has 3 aromatic rings. The zero-order valence-corrected chi connectivity index (χ0v) is 27.0. The van der Waals surface area contributed by atoms with E-state index in [0.29, 0.717) is 0 Å². The van der Waals surface area contributed by atoms with Gasteiger partial charge in [0.15, 0.2) is 0 Å². The molecule has 3 N–H and O–H groups in total. The molecular formula is C21H3Cl13O4. The highest BCUT2D eigenvalue weighted by Gasteiger charge is 2.32. The molecule has 0 radical (unpaired) electrons. The minimum atomic E-state index is -1.55. The quantitative estimate of drug-likeness (QED) is 0.183. The average molecular weight is 780 g/mol. The van der Waals surface area contributed by atoms with Gasteiger partial charge in [-0.1, -0.05) is 151 Å². The molecule has 0 aliphatic rings. The summed E-state index contributed by atoms with van der Waals surface area (Å²) in [5.41, 5.74) is -1.43. The van der Waals surface area contributed by atoms with E-state index in [1.165, 1.54) is 0 Å². The first kappa shape index (κ1) is 32.8. The van der Waals surface area contributed by atoms with Gasteiger partial charge < -0.3 is 15.3 Å². The first-order valence-electron chi connectivity index (χ1n) is 9.08. The van der Waals surface area contributed by atoms with Crippen molar-refractivity contribution < 1.29 is 20.1 Å². The van der Waals surface area contributed by atoms with E-state index in [0.717, 1.165) is 0 Å². The van der Waals surface area contributed by atoms with E-state index in [9.17, 15) is 20.1 Å². The molecule has 3 rings (SSSR count). The minimum Gasteiger partial charge on any atom is -0.481 e. The van der Waals surface area contributed by atoms with Crippen LogP contribution >= 0.6 is 151 Å². The van der Waals surface area contributed by atoms with Crippen LogP contribution in [0.25, 0.3) is 11.5 Å². The maximum Gasteiger partial charge on any atom is 0.338 e. The van der Waals surface area contributed by atoms with Gasteiger partial charge in [0, 0.05) is 21.9 Å². The number of benzene rings is 3. The number of rotatable bonds is 3. The molecule has 0 bridgehead atoms. The van der Waals surface area contributed by atoms with E-state index in [4.69, 9.17) is 151 Å². The number of aliphatic hydroxyl groups excluding tert-OH is 1. The Bertz CT molecular complexity index is 1600. The van der Waals surface area contributed by atoms with Crippen molar-refractivity contribution >= 4 is 168 Å². The Morgan fingerprint density at radius 2 is 0.632 bits per heavy atom. The Morgan fingerprint density at radius 3 is 0.947 bits per heavy atom. The summed E-state index contributed by atoms with van der Waals surface area (Å²) in [4.78, 5) is 11.8. The number of carboxylic acid groups (broad SMARTS) is 1. The van der Waals surface area contributed by atoms with Gasteiger partial charge in [-0.3, -0.25) is 0 Å². The lowest BCUT2D eigenvalue weighted by Gasteiger charge is -2.21. The summed E-state index contributed by atoms with van der Waals surface area (Å²) in [7, 11) is 0. The van der Waals surface area contributed by atoms with Gasteiger partial charge in [0.25, 0.3) is 5.95 Å². The third-order valence-corrected chi connectivity index (χ3v) is 10.6. The fourth-order valence-corrected chi connectivity index (χ4v) is 7.03. The SMILES string of the molecule is O=C(O)c1c(Cl)c(Cl)c(C(c2c(Cl)c(Cl)c(Cl)c(Cl)c2Cl)=c2c(Cl)c(Cl)c(=C(O)O)c(Cl)c2Cl)c(Cl)c1Cl. The third kappa shape index (κ3) is 5.29. The summed E-state index contributed by atoms with van der Waals surface area (Å²) in [5, 5.41) is 22.9. The smallest absolute Gasteiger partial charge is 0.338 e. The monoisotopic (exact) mass is 774 g/mol. The summed E-state index contributed by atoms with van der Waals surface area (Å²) in [6.07, 6.45) is 0. The van der Waals surface area contributed by atoms with Gasteiger partial charge in [-0.15, -0.1) is 0 Å². The van der Waals surface area contributed by atoms with Crippen molar-refractivity contribution in [3.8, 4) is 0 Å². The fourth-order valence-electron chi connectivity index (χ4n) is 3.29. The molecule has 0 atom stereocenters. The number of aromatic carboxylic acids is 1. The third-order valence-electron chi connectivity index (χ3n) is 4.92. The lowest BCUT2D eigenvalue weighted by atomic mass is 9.93. The standard InChI is InChI=1S/C21H3Cl13O4/c22-7-2(8(23)14(29)5(13(7)28)20(35)36)1(4-11(26)17(32)19(34)18(33)12(4)27)3-9(24)15(30)6(21(37)38)16(31)10(3)25/h35-36H,(H,37,38). The predicted molar refractivity (Wildman–Crippen MR) is 161 cm³/mol. The molecule has 0 aliphatic heterocycles. The van der Waals surface area contributed by atoms with Crippen LogP contribution in [0.1, 0.15) is 21.5 Å². The van der Waals surface area contributed by atoms with Crippen LogP contribution in [-0.2, 0) is 0 Å². The van der Waals surface area contributed by atoms with Crippen LogP contribution in [0.15, 0.2) is 0 Å². The highest BCUT2D eigenvalue weighted by molar-refractivity contribution is 6.57. The first-order valence-corrected chi connectivity index (χ1v) is 14.0. The molecular weight excluding hydrogens is 777 g/mol. The van der Waals surface area contributed by atoms with Gasteiger partial charge >= 0.3 is 5.97 Å². The van der Waals surface area contributed by atoms with Crippen molar-refractivity contribution in [2.24, 2.45) is 0 Å². The van der Waals surface area contributed by atoms with Gasteiger partial charge in [-0.05, 0) is 0 Å². The van der Waals surface area contributed by atoms with Gasteiger partial charge in [0.1, 0.15) is 0 Å². The van der Waals surface area contributed by atoms with Gasteiger partial charge in [0.05, 0.1) is 76.1 Å². The number of hydrogen-bond donors (Lipinski definition) is 3. The van der Waals surface area contributed by atoms with Crippen molar-refractivity contribution in [3.63, 3.8) is 0 Å². The fraction of sp³-hybridized carbons (Fsp3) is 0. The Morgan fingerprint density at radius 1 is 0.368 bits per heavy atom. The molecule has 0 aliphatic carbocycles. The number of carbonyl (C=O) groups is 1. The molecule has 0 aromatic heterocycles. The van der Waals surface area contributed by atoms with E-state index >= 15 is 0 Å². The Kier molecular flexibility index (Phi) is 10.5. The summed E-state index contributed by atoms with van der Waals surface area (Å²) in [6.45, 7) is 0. The molecule has 0 fully saturated rings. The maximum absolute atomic E-state index is 11.8. The van der Waals surface area contributed by atoms with Crippen molar-refractivity contribution in [1.82, 2.24) is 0 Å². The molecule has 17 heteroatoms. The van der Waals surface area contributed by atoms with E-state index in [1.807, 2.05) is 0 Å². The molecule has 202 valence electrons. The molecule has 3 aromatic carbocycles. The molecule has 0 saturated carbocycles. The van der Waals surface area contributed by atoms with Crippen molar-refractivity contribution in [1.29, 1.82) is 0 Å². The van der Waals surface area contributed by atoms with Crippen LogP contribution in [0.2, 0.25) is 65.3 Å². The van der Waals surface area contributed by atoms with Gasteiger partial charge in [-0.25, -0.2) is 4.79 Å². The van der Waals surface area contributed by atoms with Gasteiger partial charge in [0.2, 0.25) is 0 Å². The maximum atomic E-state index is 11.8. The Labute approximate surface area is 278 Å². The topological polar surface area (TPSA) is 77.8 Å². The van der Waals surface area contributed by atoms with Crippen LogP contribution in [0.3, 0.4) is 0 Å². The Hall–Kier alpha value is 0.240. The van der Waals surface area contributed by atoms with Crippen LogP contribution in [0.5, 0.6) is 0 Å². The predicted octanol–water partition coefficient (Wildman–Crippen LogP) is 11.3. The zero-order valence-electron chi connectivity index (χ0n) is 17.2. The summed E-state index contributed by atoms with van der Waals surface area (Å²) in [5.74, 6) is -2.86. The number of carboxylic acids is 1. The second kappa shape index (κ2) is 12.2. The number of aliphatic hydroxyl groups is 2. The van der Waals surface area contributed by atoms with Crippen LogP contribution in [0.4, 0.5) is 0 Å². The zero-order chi connectivity index (χ0) is 29.1. The number of halogens is 13. The number of hydrogen-bond acceptors (Lipinski definition) is 3. The normalized spacial score (nSPS) is 11.2. The lowest BCUT2D eigenvalue weighted by Crippen LogP contribution is -2.22. The van der Waals surface area contributed by atoms with E-state index in [2.05, 4.69) is 0 Å². The molecule has 4 nitrogen and oxygen atoms in total. The molecule has 38 heavy (non-hydrogen) atoms. The highest BCUT2D eigenvalue weighted by Crippen LogP contribution is 2.51. The molecule has 0 heterocycles. The average Bonchev–Trinajstić information content (AvgIpc) is 2.83. The molecule has 0 spiro atoms. The highest BCUT2D eigenvalue weighted by atomic mass is 35.5. The summed E-state index contributed by atoms with van der Waals surface area (Å²) < 4.78 is 0. The van der Waals surface area contributed by atoms with Crippen LogP contribution in [0, 0.1) is 0 Å². The summed E-state index contributed by atoms with van der Waals surface area (Å²) in [6, 6.07) is 0. The molecule has 0 saturated heterocycles. The van der Waals surface area contributed by atoms with Crippen LogP contribution < -0.4 is 10.4 Å². The second-order valence-corrected chi connectivity index (χ2v) is 11.9. The van der Waals surface area contributed by atoms with Crippen molar-refractivity contribution in [3.05, 3.63) is 92.4 Å². The minimum absolute atomic E-state index is 0.218. The van der Waals surface area contributed by atoms with Gasteiger partial charge in [-0.2, -0.15) is 0 Å².